The van der Waals surface area contributed by atoms with Gasteiger partial charge in [-0.2, -0.15) is 0 Å². The van der Waals surface area contributed by atoms with E-state index in [0.29, 0.717) is 0 Å². The van der Waals surface area contributed by atoms with Crippen molar-refractivity contribution in [2.75, 3.05) is 7.11 Å². The summed E-state index contributed by atoms with van der Waals surface area (Å²) in [4.78, 5) is 2.78. The second-order valence-corrected chi connectivity index (χ2v) is 5.04. The number of ether oxygens (including phenoxy) is 1. The Morgan fingerprint density at radius 1 is 1.53 bits per heavy atom. The molecule has 0 aliphatic carbocycles. The third kappa shape index (κ3) is 2.75. The molecule has 4 nitrogen and oxygen atoms in total. The normalized spacial score (nSPS) is 11.8. The Bertz CT molecular complexity index is 463. The van der Waals surface area contributed by atoms with Crippen molar-refractivity contribution in [1.82, 2.24) is 4.98 Å². The van der Waals surface area contributed by atoms with Crippen LogP contribution >= 0.6 is 10.7 Å². The van der Waals surface area contributed by atoms with Crippen LogP contribution in [0, 0.1) is 0 Å². The van der Waals surface area contributed by atoms with E-state index in [1.54, 1.807) is 0 Å². The first-order valence-electron chi connectivity index (χ1n) is 3.63. The number of hydrogen-bond donors (Lipinski definition) is 0. The van der Waals surface area contributed by atoms with Crippen molar-refractivity contribution in [3.8, 4) is 5.88 Å². The van der Waals surface area contributed by atoms with Crippen molar-refractivity contribution in [1.29, 1.82) is 0 Å². The lowest BCUT2D eigenvalue weighted by atomic mass is 10.3. The van der Waals surface area contributed by atoms with Gasteiger partial charge in [0.25, 0.3) is 15.5 Å². The minimum absolute atomic E-state index is 0.102. The van der Waals surface area contributed by atoms with E-state index in [9.17, 15) is 17.2 Å². The fourth-order valence-electron chi connectivity index (χ4n) is 0.924. The number of nitrogens with zero attached hydrogens (tertiary/aromatic N) is 1. The van der Waals surface area contributed by atoms with Crippen molar-refractivity contribution in [2.45, 2.75) is 11.3 Å². The molecular formula is C7H6ClF2NO3S. The highest BCUT2D eigenvalue weighted by Crippen LogP contribution is 2.30. The standard InChI is InChI=1S/C7H6ClF2NO3S/c1-14-6-2-4(7(9)10)5(3-11-6)15(8,12)13/h2-3,7H,1H3. The molecule has 8 heteroatoms. The van der Waals surface area contributed by atoms with Gasteiger partial charge in [0, 0.05) is 22.3 Å². The van der Waals surface area contributed by atoms with E-state index in [2.05, 4.69) is 9.72 Å². The molecule has 0 aliphatic rings. The first-order valence-corrected chi connectivity index (χ1v) is 5.94. The highest BCUT2D eigenvalue weighted by molar-refractivity contribution is 8.13. The van der Waals surface area contributed by atoms with Crippen LogP contribution in [-0.2, 0) is 9.05 Å². The van der Waals surface area contributed by atoms with Crippen LogP contribution in [0.3, 0.4) is 0 Å². The number of hydrogen-bond acceptors (Lipinski definition) is 4. The smallest absolute Gasteiger partial charge is 0.265 e. The summed E-state index contributed by atoms with van der Waals surface area (Å²) in [5.74, 6) is -0.102. The van der Waals surface area contributed by atoms with Crippen LogP contribution in [0.15, 0.2) is 17.2 Å². The van der Waals surface area contributed by atoms with Crippen LogP contribution in [-0.4, -0.2) is 20.5 Å². The summed E-state index contributed by atoms with van der Waals surface area (Å²) < 4.78 is 51.3. The van der Waals surface area contributed by atoms with E-state index in [0.717, 1.165) is 12.3 Å². The summed E-state index contributed by atoms with van der Waals surface area (Å²) >= 11 is 0. The summed E-state index contributed by atoms with van der Waals surface area (Å²) in [6.45, 7) is 0. The third-order valence-corrected chi connectivity index (χ3v) is 2.94. The summed E-state index contributed by atoms with van der Waals surface area (Å²) in [7, 11) is 1.96. The molecule has 0 unspecified atom stereocenters. The zero-order valence-corrected chi connectivity index (χ0v) is 9.02. The Hall–Kier alpha value is -0.950. The quantitative estimate of drug-likeness (QED) is 0.777. The zero-order chi connectivity index (χ0) is 11.6. The molecule has 0 aromatic carbocycles. The van der Waals surface area contributed by atoms with E-state index in [4.69, 9.17) is 10.7 Å². The van der Waals surface area contributed by atoms with Crippen LogP contribution < -0.4 is 4.74 Å². The molecule has 0 atom stereocenters. The van der Waals surface area contributed by atoms with Gasteiger partial charge in [0.2, 0.25) is 5.88 Å². The molecule has 1 aromatic rings. The second-order valence-electron chi connectivity index (χ2n) is 2.50. The van der Waals surface area contributed by atoms with Crippen LogP contribution in [0.5, 0.6) is 5.88 Å². The van der Waals surface area contributed by atoms with Crippen LogP contribution in [0.4, 0.5) is 8.78 Å². The molecule has 0 bridgehead atoms. The van der Waals surface area contributed by atoms with Gasteiger partial charge in [-0.05, 0) is 0 Å². The van der Waals surface area contributed by atoms with E-state index in [1.807, 2.05) is 0 Å². The highest BCUT2D eigenvalue weighted by atomic mass is 35.7. The molecule has 0 spiro atoms. The molecule has 1 aromatic heterocycles. The summed E-state index contributed by atoms with van der Waals surface area (Å²) in [6, 6.07) is 0.833. The number of halogens is 3. The predicted octanol–water partition coefficient (Wildman–Crippen LogP) is 1.96. The highest BCUT2D eigenvalue weighted by Gasteiger charge is 2.23. The van der Waals surface area contributed by atoms with Gasteiger partial charge in [0.05, 0.1) is 13.3 Å². The first-order chi connectivity index (χ1) is 6.86. The van der Waals surface area contributed by atoms with Gasteiger partial charge in [-0.1, -0.05) is 0 Å². The molecule has 1 rings (SSSR count). The molecule has 0 saturated heterocycles. The van der Waals surface area contributed by atoms with Gasteiger partial charge >= 0.3 is 0 Å². The number of pyridine rings is 1. The van der Waals surface area contributed by atoms with Gasteiger partial charge in [-0.3, -0.25) is 0 Å². The SMILES string of the molecule is COc1cc(C(F)F)c(S(=O)(=O)Cl)cn1. The molecule has 0 N–H and O–H groups in total. The first kappa shape index (κ1) is 12.1. The Morgan fingerprint density at radius 2 is 2.13 bits per heavy atom. The number of alkyl halides is 2. The Balaban J connectivity index is 3.41. The van der Waals surface area contributed by atoms with Crippen molar-refractivity contribution in [3.05, 3.63) is 17.8 Å². The van der Waals surface area contributed by atoms with Gasteiger partial charge in [0.15, 0.2) is 0 Å². The minimum atomic E-state index is -4.23. The second kappa shape index (κ2) is 4.28. The lowest BCUT2D eigenvalue weighted by Gasteiger charge is -2.06. The van der Waals surface area contributed by atoms with Gasteiger partial charge < -0.3 is 4.74 Å². The van der Waals surface area contributed by atoms with Crippen molar-refractivity contribution in [2.24, 2.45) is 0 Å². The maximum Gasteiger partial charge on any atom is 0.265 e. The summed E-state index contributed by atoms with van der Waals surface area (Å²) in [5, 5.41) is 0. The van der Waals surface area contributed by atoms with Crippen molar-refractivity contribution >= 4 is 19.7 Å². The minimum Gasteiger partial charge on any atom is -0.481 e. The topological polar surface area (TPSA) is 56.3 Å². The lowest BCUT2D eigenvalue weighted by molar-refractivity contribution is 0.147. The largest absolute Gasteiger partial charge is 0.481 e. The van der Waals surface area contributed by atoms with Gasteiger partial charge in [-0.25, -0.2) is 22.2 Å². The molecule has 0 saturated carbocycles. The van der Waals surface area contributed by atoms with E-state index < -0.39 is 25.9 Å². The fraction of sp³-hybridized carbons (Fsp3) is 0.286. The van der Waals surface area contributed by atoms with Crippen LogP contribution in [0.25, 0.3) is 0 Å². The van der Waals surface area contributed by atoms with E-state index >= 15 is 0 Å². The van der Waals surface area contributed by atoms with Crippen molar-refractivity contribution < 1.29 is 21.9 Å². The Kier molecular flexibility index (Phi) is 3.46. The molecule has 84 valence electrons. The lowest BCUT2D eigenvalue weighted by Crippen LogP contribution is -2.01. The molecule has 0 fully saturated rings. The number of rotatable bonds is 3. The maximum atomic E-state index is 12.5. The van der Waals surface area contributed by atoms with E-state index in [-0.39, 0.29) is 5.88 Å². The molecular weight excluding hydrogens is 252 g/mol. The fourth-order valence-corrected chi connectivity index (χ4v) is 1.92. The molecule has 0 aliphatic heterocycles. The number of methoxy groups -OCH3 is 1. The average Bonchev–Trinajstić information content (AvgIpc) is 2.15. The molecule has 15 heavy (non-hydrogen) atoms. The average molecular weight is 258 g/mol. The molecule has 0 amide bonds. The van der Waals surface area contributed by atoms with Crippen molar-refractivity contribution in [3.63, 3.8) is 0 Å². The van der Waals surface area contributed by atoms with Gasteiger partial charge in [-0.15, -0.1) is 0 Å². The monoisotopic (exact) mass is 257 g/mol. The molecule has 0 radical (unpaired) electrons. The maximum absolute atomic E-state index is 12.5. The number of aromatic nitrogens is 1. The van der Waals surface area contributed by atoms with Gasteiger partial charge in [0.1, 0.15) is 4.90 Å². The van der Waals surface area contributed by atoms with Crippen LogP contribution in [0.2, 0.25) is 0 Å². The third-order valence-electron chi connectivity index (χ3n) is 1.58. The molecule has 1 heterocycles. The Morgan fingerprint density at radius 3 is 2.53 bits per heavy atom. The summed E-state index contributed by atoms with van der Waals surface area (Å²) in [5.41, 5.74) is -0.725. The van der Waals surface area contributed by atoms with Crippen LogP contribution in [0.1, 0.15) is 12.0 Å². The Labute approximate surface area is 89.3 Å². The van der Waals surface area contributed by atoms with E-state index in [1.165, 1.54) is 7.11 Å². The summed E-state index contributed by atoms with van der Waals surface area (Å²) in [6.07, 6.45) is -2.23. The zero-order valence-electron chi connectivity index (χ0n) is 7.45. The predicted molar refractivity (Wildman–Crippen MR) is 48.8 cm³/mol.